The number of benzene rings is 1. The third-order valence-corrected chi connectivity index (χ3v) is 7.09. The average Bonchev–Trinajstić information content (AvgIpc) is 2.58. The van der Waals surface area contributed by atoms with Gasteiger partial charge in [0.15, 0.2) is 0 Å². The maximum absolute atomic E-state index is 13.0. The predicted octanol–water partition coefficient (Wildman–Crippen LogP) is 0.359. The van der Waals surface area contributed by atoms with Crippen LogP contribution in [0.4, 0.5) is 0 Å². The smallest absolute Gasteiger partial charge is 0.344 e. The van der Waals surface area contributed by atoms with Crippen LogP contribution >= 0.6 is 11.8 Å². The first-order valence-corrected chi connectivity index (χ1v) is 10.1. The van der Waals surface area contributed by atoms with Crippen molar-refractivity contribution in [2.24, 2.45) is 5.90 Å². The molecule has 1 heterocycles. The Hall–Kier alpha value is -1.33. The molecule has 0 aromatic heterocycles. The van der Waals surface area contributed by atoms with Crippen LogP contribution in [0, 0.1) is 0 Å². The fraction of sp³-hybridized carbons (Fsp3) is 0.533. The summed E-state index contributed by atoms with van der Waals surface area (Å²) in [6, 6.07) is 4.79. The highest BCUT2D eigenvalue weighted by atomic mass is 32.2. The monoisotopic (exact) mass is 390 g/mol. The number of aliphatic hydroxyl groups is 1. The average molecular weight is 390 g/mol. The van der Waals surface area contributed by atoms with Crippen molar-refractivity contribution in [1.82, 2.24) is 4.31 Å². The molecule has 25 heavy (non-hydrogen) atoms. The summed E-state index contributed by atoms with van der Waals surface area (Å²) in [5.74, 6) is 5.23. The van der Waals surface area contributed by atoms with Crippen molar-refractivity contribution in [1.29, 1.82) is 0 Å². The molecule has 1 unspecified atom stereocenters. The molecule has 1 atom stereocenters. The molecule has 0 aliphatic carbocycles. The summed E-state index contributed by atoms with van der Waals surface area (Å²) in [7, 11) is -3.92. The second kappa shape index (κ2) is 7.92. The summed E-state index contributed by atoms with van der Waals surface area (Å²) in [6.45, 7) is 3.73. The van der Waals surface area contributed by atoms with E-state index in [9.17, 15) is 13.2 Å². The summed E-state index contributed by atoms with van der Waals surface area (Å²) >= 11 is 1.49. The van der Waals surface area contributed by atoms with Gasteiger partial charge in [-0.2, -0.15) is 22.0 Å². The third kappa shape index (κ3) is 4.26. The van der Waals surface area contributed by atoms with Crippen LogP contribution in [0.3, 0.4) is 0 Å². The van der Waals surface area contributed by atoms with Crippen LogP contribution in [-0.4, -0.2) is 60.1 Å². The highest BCUT2D eigenvalue weighted by molar-refractivity contribution is 8.00. The van der Waals surface area contributed by atoms with Crippen molar-refractivity contribution in [2.75, 3.05) is 25.5 Å². The fourth-order valence-corrected chi connectivity index (χ4v) is 5.77. The van der Waals surface area contributed by atoms with E-state index < -0.39 is 26.8 Å². The van der Waals surface area contributed by atoms with Crippen LogP contribution in [0.15, 0.2) is 29.2 Å². The molecule has 1 aromatic carbocycles. The van der Waals surface area contributed by atoms with Gasteiger partial charge in [0, 0.05) is 17.0 Å². The molecule has 2 rings (SSSR count). The lowest BCUT2D eigenvalue weighted by molar-refractivity contribution is -0.149. The van der Waals surface area contributed by atoms with E-state index in [1.807, 2.05) is 0 Å². The zero-order valence-electron chi connectivity index (χ0n) is 14.0. The SMILES string of the molecule is CC1(C)SCCN(S(=O)(=O)c2ccc(OCCO)cc2)C1C(=O)ON. The Balaban J connectivity index is 2.34. The zero-order valence-corrected chi connectivity index (χ0v) is 15.7. The first-order chi connectivity index (χ1) is 11.7. The molecular formula is C15H22N2O6S2. The van der Waals surface area contributed by atoms with Gasteiger partial charge in [-0.05, 0) is 38.1 Å². The number of carbonyl (C=O) groups excluding carboxylic acids is 1. The molecule has 0 bridgehead atoms. The summed E-state index contributed by atoms with van der Waals surface area (Å²) in [5, 5.41) is 8.75. The van der Waals surface area contributed by atoms with Crippen LogP contribution in [-0.2, 0) is 19.7 Å². The number of sulfonamides is 1. The van der Waals surface area contributed by atoms with E-state index in [-0.39, 0.29) is 24.7 Å². The first-order valence-electron chi connectivity index (χ1n) is 7.64. The predicted molar refractivity (Wildman–Crippen MR) is 93.5 cm³/mol. The molecule has 0 radical (unpaired) electrons. The highest BCUT2D eigenvalue weighted by Crippen LogP contribution is 2.38. The number of nitrogens with zero attached hydrogens (tertiary/aromatic N) is 1. The Morgan fingerprint density at radius 2 is 2.04 bits per heavy atom. The van der Waals surface area contributed by atoms with Gasteiger partial charge in [-0.15, -0.1) is 0 Å². The molecule has 140 valence electrons. The Kier molecular flexibility index (Phi) is 6.33. The van der Waals surface area contributed by atoms with Gasteiger partial charge in [-0.25, -0.2) is 13.2 Å². The molecule has 0 saturated carbocycles. The zero-order chi connectivity index (χ0) is 18.7. The second-order valence-electron chi connectivity index (χ2n) is 5.95. The molecule has 1 aliphatic rings. The van der Waals surface area contributed by atoms with Gasteiger partial charge in [-0.1, -0.05) is 0 Å². The van der Waals surface area contributed by atoms with E-state index in [0.29, 0.717) is 11.5 Å². The maximum atomic E-state index is 13.0. The van der Waals surface area contributed by atoms with E-state index in [1.165, 1.54) is 36.0 Å². The summed E-state index contributed by atoms with van der Waals surface area (Å²) in [5.41, 5.74) is 0. The number of hydrogen-bond donors (Lipinski definition) is 2. The van der Waals surface area contributed by atoms with Crippen molar-refractivity contribution in [3.63, 3.8) is 0 Å². The minimum absolute atomic E-state index is 0.0429. The van der Waals surface area contributed by atoms with Gasteiger partial charge >= 0.3 is 5.97 Å². The van der Waals surface area contributed by atoms with E-state index in [4.69, 9.17) is 15.7 Å². The lowest BCUT2D eigenvalue weighted by Gasteiger charge is -2.42. The van der Waals surface area contributed by atoms with Crippen molar-refractivity contribution in [3.05, 3.63) is 24.3 Å². The van der Waals surface area contributed by atoms with Crippen LogP contribution in [0.2, 0.25) is 0 Å². The Bertz CT molecular complexity index is 705. The second-order valence-corrected chi connectivity index (χ2v) is 9.59. The number of nitrogens with two attached hydrogens (primary N) is 1. The normalized spacial score (nSPS) is 20.9. The quantitative estimate of drug-likeness (QED) is 0.668. The number of rotatable bonds is 6. The number of thioether (sulfide) groups is 1. The molecule has 1 fully saturated rings. The Labute approximate surface area is 151 Å². The molecule has 10 heteroatoms. The molecule has 3 N–H and O–H groups in total. The summed E-state index contributed by atoms with van der Waals surface area (Å²) < 4.78 is 31.7. The van der Waals surface area contributed by atoms with Crippen molar-refractivity contribution in [3.8, 4) is 5.75 Å². The van der Waals surface area contributed by atoms with Crippen molar-refractivity contribution in [2.45, 2.75) is 29.5 Å². The molecule has 0 spiro atoms. The molecule has 1 saturated heterocycles. The van der Waals surface area contributed by atoms with Gasteiger partial charge in [0.2, 0.25) is 10.0 Å². The number of ether oxygens (including phenoxy) is 1. The lowest BCUT2D eigenvalue weighted by Crippen LogP contribution is -2.59. The minimum Gasteiger partial charge on any atom is -0.491 e. The fourth-order valence-electron chi connectivity index (χ4n) is 2.68. The van der Waals surface area contributed by atoms with E-state index in [2.05, 4.69) is 4.84 Å². The van der Waals surface area contributed by atoms with Gasteiger partial charge in [0.05, 0.1) is 11.5 Å². The van der Waals surface area contributed by atoms with Crippen LogP contribution in [0.5, 0.6) is 5.75 Å². The molecular weight excluding hydrogens is 368 g/mol. The van der Waals surface area contributed by atoms with E-state index in [0.717, 1.165) is 4.31 Å². The van der Waals surface area contributed by atoms with E-state index in [1.54, 1.807) is 13.8 Å². The molecule has 1 aromatic rings. The lowest BCUT2D eigenvalue weighted by atomic mass is 10.0. The molecule has 0 amide bonds. The summed E-state index contributed by atoms with van der Waals surface area (Å²) in [6.07, 6.45) is 0. The Morgan fingerprint density at radius 1 is 1.40 bits per heavy atom. The maximum Gasteiger partial charge on any atom is 0.344 e. The third-order valence-electron chi connectivity index (χ3n) is 3.86. The van der Waals surface area contributed by atoms with Gasteiger partial charge in [0.25, 0.3) is 0 Å². The van der Waals surface area contributed by atoms with E-state index >= 15 is 0 Å². The first kappa shape index (κ1) is 20.0. The van der Waals surface area contributed by atoms with Crippen molar-refractivity contribution >= 4 is 27.8 Å². The standard InChI is InChI=1S/C15H22N2O6S2/c1-15(2)13(14(19)23-16)17(7-10-24-15)25(20,21)12-5-3-11(4-6-12)22-9-8-18/h3-6,13,18H,7-10,16H2,1-2H3. The van der Waals surface area contributed by atoms with Gasteiger partial charge in [0.1, 0.15) is 18.4 Å². The number of carbonyl (C=O) groups is 1. The largest absolute Gasteiger partial charge is 0.491 e. The Morgan fingerprint density at radius 3 is 2.60 bits per heavy atom. The van der Waals surface area contributed by atoms with Crippen LogP contribution in [0.1, 0.15) is 13.8 Å². The van der Waals surface area contributed by atoms with Crippen LogP contribution in [0.25, 0.3) is 0 Å². The number of hydrogen-bond acceptors (Lipinski definition) is 8. The van der Waals surface area contributed by atoms with Gasteiger partial charge in [-0.3, -0.25) is 0 Å². The summed E-state index contributed by atoms with van der Waals surface area (Å²) in [4.78, 5) is 16.5. The number of aliphatic hydroxyl groups excluding tert-OH is 1. The molecule has 8 nitrogen and oxygen atoms in total. The molecule has 1 aliphatic heterocycles. The van der Waals surface area contributed by atoms with Gasteiger partial charge < -0.3 is 14.7 Å². The topological polar surface area (TPSA) is 119 Å². The van der Waals surface area contributed by atoms with Crippen molar-refractivity contribution < 1.29 is 27.9 Å². The van der Waals surface area contributed by atoms with Crippen LogP contribution < -0.4 is 10.6 Å². The highest BCUT2D eigenvalue weighted by Gasteiger charge is 2.49. The minimum atomic E-state index is -3.92.